The normalized spacial score (nSPS) is 18.4. The van der Waals surface area contributed by atoms with Crippen molar-refractivity contribution in [3.05, 3.63) is 58.7 Å². The summed E-state index contributed by atoms with van der Waals surface area (Å²) in [6.07, 6.45) is 6.32. The number of aromatic nitrogens is 4. The molecule has 5 heterocycles. The summed E-state index contributed by atoms with van der Waals surface area (Å²) in [5, 5.41) is 1.30. The molecule has 0 aliphatic carbocycles. The predicted octanol–water partition coefficient (Wildman–Crippen LogP) is 5.20. The minimum absolute atomic E-state index is 0.802. The fraction of sp³-hybridized carbons (Fsp3) is 0.517. The van der Waals surface area contributed by atoms with Crippen molar-refractivity contribution in [2.45, 2.75) is 72.0 Å². The van der Waals surface area contributed by atoms with Gasteiger partial charge >= 0.3 is 0 Å². The molecular weight excluding hydrogens is 432 g/mol. The topological polar surface area (TPSA) is 53.0 Å². The number of piperidine rings is 1. The van der Waals surface area contributed by atoms with Gasteiger partial charge in [0.1, 0.15) is 11.3 Å². The molecule has 0 saturated carbocycles. The summed E-state index contributed by atoms with van der Waals surface area (Å²) in [5.41, 5.74) is 8.14. The van der Waals surface area contributed by atoms with Gasteiger partial charge in [-0.3, -0.25) is 4.90 Å². The van der Waals surface area contributed by atoms with Crippen LogP contribution in [0.25, 0.3) is 22.1 Å². The molecule has 3 aromatic heterocycles. The highest BCUT2D eigenvalue weighted by Gasteiger charge is 2.26. The summed E-state index contributed by atoms with van der Waals surface area (Å²) >= 11 is 0. The second-order valence-corrected chi connectivity index (χ2v) is 10.7. The van der Waals surface area contributed by atoms with E-state index < -0.39 is 0 Å². The smallest absolute Gasteiger partial charge is 0.160 e. The van der Waals surface area contributed by atoms with Gasteiger partial charge in [0.15, 0.2) is 5.65 Å². The molecule has 0 amide bonds. The van der Waals surface area contributed by atoms with Crippen molar-refractivity contribution in [2.24, 2.45) is 0 Å². The van der Waals surface area contributed by atoms with Gasteiger partial charge in [-0.15, -0.1) is 0 Å². The van der Waals surface area contributed by atoms with Crippen molar-refractivity contribution in [2.75, 3.05) is 26.2 Å². The maximum Gasteiger partial charge on any atom is 0.160 e. The molecule has 0 bridgehead atoms. The SMILES string of the molecule is CCc1nc2c(C)cc(C)nc2n1Cc1ccc2[nH]c(CN3CCC(N4CCCC4)CC3)cc2c1. The molecule has 0 atom stereocenters. The van der Waals surface area contributed by atoms with Gasteiger partial charge in [0.2, 0.25) is 0 Å². The van der Waals surface area contributed by atoms with Crippen LogP contribution in [0.15, 0.2) is 30.3 Å². The van der Waals surface area contributed by atoms with E-state index in [4.69, 9.17) is 9.97 Å². The van der Waals surface area contributed by atoms with E-state index in [-0.39, 0.29) is 0 Å². The first-order valence-corrected chi connectivity index (χ1v) is 13.5. The van der Waals surface area contributed by atoms with Crippen molar-refractivity contribution in [1.82, 2.24) is 29.3 Å². The van der Waals surface area contributed by atoms with Crippen molar-refractivity contribution in [1.29, 1.82) is 0 Å². The van der Waals surface area contributed by atoms with Crippen LogP contribution in [0.1, 0.15) is 60.9 Å². The number of rotatable bonds is 6. The summed E-state index contributed by atoms with van der Waals surface area (Å²) in [6.45, 7) is 13.3. The molecule has 2 aliphatic heterocycles. The maximum atomic E-state index is 4.92. The van der Waals surface area contributed by atoms with Gasteiger partial charge in [0, 0.05) is 54.4 Å². The molecule has 0 unspecified atom stereocenters. The monoisotopic (exact) mass is 470 g/mol. The van der Waals surface area contributed by atoms with E-state index in [0.29, 0.717) is 0 Å². The molecule has 6 nitrogen and oxygen atoms in total. The number of nitrogens with one attached hydrogen (secondary N) is 1. The van der Waals surface area contributed by atoms with E-state index in [1.807, 2.05) is 0 Å². The lowest BCUT2D eigenvalue weighted by Crippen LogP contribution is -2.43. The third-order valence-electron chi connectivity index (χ3n) is 8.11. The molecule has 2 fully saturated rings. The summed E-state index contributed by atoms with van der Waals surface area (Å²) in [6, 6.07) is 12.1. The molecule has 6 rings (SSSR count). The van der Waals surface area contributed by atoms with Crippen molar-refractivity contribution < 1.29 is 0 Å². The number of likely N-dealkylation sites (tertiary alicyclic amines) is 2. The Morgan fingerprint density at radius 1 is 0.943 bits per heavy atom. The van der Waals surface area contributed by atoms with Crippen molar-refractivity contribution >= 4 is 22.1 Å². The first kappa shape index (κ1) is 22.7. The Morgan fingerprint density at radius 2 is 1.74 bits per heavy atom. The average molecular weight is 471 g/mol. The van der Waals surface area contributed by atoms with E-state index in [1.54, 1.807) is 0 Å². The van der Waals surface area contributed by atoms with Crippen LogP contribution in [-0.2, 0) is 19.5 Å². The molecule has 2 aliphatic rings. The first-order valence-electron chi connectivity index (χ1n) is 13.5. The standard InChI is InChI=1S/C29H38N6/c1-4-27-32-28-20(2)15-21(3)30-29(28)35(27)18-22-7-8-26-23(16-22)17-24(31-26)19-33-13-9-25(10-14-33)34-11-5-6-12-34/h7-8,15-17,25,31H,4-6,9-14,18-19H2,1-3H3. The highest BCUT2D eigenvalue weighted by molar-refractivity contribution is 5.81. The van der Waals surface area contributed by atoms with Crippen LogP contribution in [0.2, 0.25) is 0 Å². The Morgan fingerprint density at radius 3 is 2.51 bits per heavy atom. The Labute approximate surface area is 208 Å². The molecule has 2 saturated heterocycles. The second-order valence-electron chi connectivity index (χ2n) is 10.7. The Balaban J connectivity index is 1.18. The Hall–Kier alpha value is -2.70. The van der Waals surface area contributed by atoms with Crippen LogP contribution in [0.4, 0.5) is 0 Å². The van der Waals surface area contributed by atoms with Crippen LogP contribution < -0.4 is 0 Å². The number of aryl methyl sites for hydroxylation is 3. The summed E-state index contributed by atoms with van der Waals surface area (Å²) in [7, 11) is 0. The molecule has 184 valence electrons. The number of nitrogens with zero attached hydrogens (tertiary/aromatic N) is 5. The molecule has 4 aromatic rings. The van der Waals surface area contributed by atoms with Gasteiger partial charge in [0.05, 0.1) is 6.54 Å². The number of imidazole rings is 1. The van der Waals surface area contributed by atoms with Crippen LogP contribution in [0.3, 0.4) is 0 Å². The Kier molecular flexibility index (Phi) is 6.11. The molecule has 0 radical (unpaired) electrons. The summed E-state index contributed by atoms with van der Waals surface area (Å²) in [4.78, 5) is 18.8. The van der Waals surface area contributed by atoms with E-state index in [1.165, 1.54) is 79.6 Å². The zero-order valence-corrected chi connectivity index (χ0v) is 21.5. The molecule has 1 N–H and O–H groups in total. The number of pyridine rings is 1. The van der Waals surface area contributed by atoms with Gasteiger partial charge < -0.3 is 14.5 Å². The fourth-order valence-electron chi connectivity index (χ4n) is 6.28. The number of hydrogen-bond acceptors (Lipinski definition) is 4. The zero-order chi connectivity index (χ0) is 23.9. The zero-order valence-electron chi connectivity index (χ0n) is 21.5. The van der Waals surface area contributed by atoms with E-state index in [0.717, 1.165) is 48.2 Å². The molecular formula is C29H38N6. The minimum Gasteiger partial charge on any atom is -0.357 e. The van der Waals surface area contributed by atoms with Crippen molar-refractivity contribution in [3.63, 3.8) is 0 Å². The van der Waals surface area contributed by atoms with Gasteiger partial charge in [-0.25, -0.2) is 9.97 Å². The van der Waals surface area contributed by atoms with E-state index in [2.05, 4.69) is 70.5 Å². The third-order valence-corrected chi connectivity index (χ3v) is 8.11. The minimum atomic E-state index is 0.802. The number of aromatic amines is 1. The highest BCUT2D eigenvalue weighted by Crippen LogP contribution is 2.25. The fourth-order valence-corrected chi connectivity index (χ4v) is 6.28. The number of benzene rings is 1. The lowest BCUT2D eigenvalue weighted by atomic mass is 10.0. The summed E-state index contributed by atoms with van der Waals surface area (Å²) < 4.78 is 2.30. The van der Waals surface area contributed by atoms with Crippen LogP contribution in [-0.4, -0.2) is 61.5 Å². The van der Waals surface area contributed by atoms with Gasteiger partial charge in [-0.05, 0) is 88.0 Å². The van der Waals surface area contributed by atoms with E-state index in [9.17, 15) is 0 Å². The summed E-state index contributed by atoms with van der Waals surface area (Å²) in [5.74, 6) is 1.10. The maximum absolute atomic E-state index is 4.92. The molecule has 35 heavy (non-hydrogen) atoms. The predicted molar refractivity (Wildman–Crippen MR) is 143 cm³/mol. The number of H-pyrrole nitrogens is 1. The quantitative estimate of drug-likeness (QED) is 0.421. The molecule has 1 aromatic carbocycles. The van der Waals surface area contributed by atoms with Gasteiger partial charge in [-0.1, -0.05) is 13.0 Å². The average Bonchev–Trinajstić information content (AvgIpc) is 3.59. The van der Waals surface area contributed by atoms with Crippen LogP contribution in [0.5, 0.6) is 0 Å². The highest BCUT2D eigenvalue weighted by atomic mass is 15.2. The second kappa shape index (κ2) is 9.40. The molecule has 6 heteroatoms. The first-order chi connectivity index (χ1) is 17.1. The van der Waals surface area contributed by atoms with Gasteiger partial charge in [0.25, 0.3) is 0 Å². The largest absolute Gasteiger partial charge is 0.357 e. The molecule has 0 spiro atoms. The third kappa shape index (κ3) is 4.50. The van der Waals surface area contributed by atoms with Crippen molar-refractivity contribution in [3.8, 4) is 0 Å². The number of fused-ring (bicyclic) bond motifs is 2. The van der Waals surface area contributed by atoms with Gasteiger partial charge in [-0.2, -0.15) is 0 Å². The van der Waals surface area contributed by atoms with Crippen LogP contribution in [0, 0.1) is 13.8 Å². The lowest BCUT2D eigenvalue weighted by molar-refractivity contribution is 0.122. The van der Waals surface area contributed by atoms with E-state index >= 15 is 0 Å². The van der Waals surface area contributed by atoms with Crippen LogP contribution >= 0.6 is 0 Å². The number of hydrogen-bond donors (Lipinski definition) is 1. The lowest BCUT2D eigenvalue weighted by Gasteiger charge is -2.36. The Bertz CT molecular complexity index is 1330.